The number of fused-ring (bicyclic) bond motifs is 1. The van der Waals surface area contributed by atoms with E-state index in [0.717, 1.165) is 56.8 Å². The van der Waals surface area contributed by atoms with Crippen molar-refractivity contribution in [2.24, 2.45) is 5.92 Å². The van der Waals surface area contributed by atoms with Crippen LogP contribution in [0, 0.1) is 12.8 Å². The molecule has 0 bridgehead atoms. The molecule has 3 heterocycles. The maximum atomic E-state index is 6.01. The minimum atomic E-state index is 0.406. The van der Waals surface area contributed by atoms with Crippen molar-refractivity contribution in [1.82, 2.24) is 14.7 Å². The van der Waals surface area contributed by atoms with Crippen LogP contribution in [-0.2, 0) is 24.4 Å². The van der Waals surface area contributed by atoms with E-state index in [9.17, 15) is 0 Å². The summed E-state index contributed by atoms with van der Waals surface area (Å²) in [6.07, 6.45) is 4.90. The fraction of sp³-hybridized carbons (Fsp3) is 0.632. The maximum absolute atomic E-state index is 6.01. The van der Waals surface area contributed by atoms with Crippen molar-refractivity contribution in [3.63, 3.8) is 0 Å². The van der Waals surface area contributed by atoms with Crippen molar-refractivity contribution in [2.75, 3.05) is 19.8 Å². The number of aryl methyl sites for hydroxylation is 2. The molecule has 2 aliphatic rings. The number of furan rings is 1. The normalized spacial score (nSPS) is 21.2. The number of rotatable bonds is 7. The zero-order valence-electron chi connectivity index (χ0n) is 14.7. The molecular weight excluding hydrogens is 302 g/mol. The van der Waals surface area contributed by atoms with Crippen LogP contribution in [0.4, 0.5) is 0 Å². The van der Waals surface area contributed by atoms with E-state index < -0.39 is 0 Å². The van der Waals surface area contributed by atoms with Crippen LogP contribution < -0.4 is 0 Å². The molecule has 4 rings (SSSR count). The maximum Gasteiger partial charge on any atom is 0.118 e. The van der Waals surface area contributed by atoms with Gasteiger partial charge in [-0.15, -0.1) is 0 Å². The lowest BCUT2D eigenvalue weighted by molar-refractivity contribution is 0.0873. The van der Waals surface area contributed by atoms with Gasteiger partial charge in [-0.25, -0.2) is 0 Å². The Labute approximate surface area is 143 Å². The highest BCUT2D eigenvalue weighted by atomic mass is 16.5. The van der Waals surface area contributed by atoms with E-state index in [4.69, 9.17) is 14.3 Å². The van der Waals surface area contributed by atoms with Gasteiger partial charge in [-0.3, -0.25) is 9.58 Å². The van der Waals surface area contributed by atoms with Gasteiger partial charge in [0.15, 0.2) is 0 Å². The van der Waals surface area contributed by atoms with Crippen molar-refractivity contribution >= 4 is 0 Å². The highest BCUT2D eigenvalue weighted by Crippen LogP contribution is 2.32. The Morgan fingerprint density at radius 1 is 1.29 bits per heavy atom. The summed E-state index contributed by atoms with van der Waals surface area (Å²) < 4.78 is 13.8. The Kier molecular flexibility index (Phi) is 4.46. The molecule has 2 aromatic rings. The standard InChI is InChI=1S/C19H27N3O2/c1-3-22-10-18-16(13-23-12-15-5-6-15)8-21(11-19(18)20-22)9-17-7-4-14(2)24-17/h4,7,10,15-16H,3,5-6,8-9,11-13H2,1-2H3. The van der Waals surface area contributed by atoms with Gasteiger partial charge in [0.25, 0.3) is 0 Å². The lowest BCUT2D eigenvalue weighted by Crippen LogP contribution is -2.34. The van der Waals surface area contributed by atoms with Crippen LogP contribution in [0.1, 0.15) is 48.5 Å². The predicted octanol–water partition coefficient (Wildman–Crippen LogP) is 3.33. The predicted molar refractivity (Wildman–Crippen MR) is 91.7 cm³/mol. The largest absolute Gasteiger partial charge is 0.465 e. The van der Waals surface area contributed by atoms with Gasteiger partial charge in [-0.05, 0) is 44.7 Å². The molecule has 5 nitrogen and oxygen atoms in total. The molecule has 5 heteroatoms. The molecule has 24 heavy (non-hydrogen) atoms. The topological polar surface area (TPSA) is 43.4 Å². The third-order valence-corrected chi connectivity index (χ3v) is 5.03. The van der Waals surface area contributed by atoms with Crippen LogP contribution in [-0.4, -0.2) is 34.4 Å². The molecule has 1 fully saturated rings. The monoisotopic (exact) mass is 329 g/mol. The summed E-state index contributed by atoms with van der Waals surface area (Å²) in [4.78, 5) is 2.43. The Morgan fingerprint density at radius 2 is 2.17 bits per heavy atom. The van der Waals surface area contributed by atoms with Crippen LogP contribution in [0.2, 0.25) is 0 Å². The van der Waals surface area contributed by atoms with Gasteiger partial charge in [0.2, 0.25) is 0 Å². The summed E-state index contributed by atoms with van der Waals surface area (Å²) in [5, 5.41) is 4.76. The van der Waals surface area contributed by atoms with Crippen LogP contribution in [0.3, 0.4) is 0 Å². The number of hydrogen-bond acceptors (Lipinski definition) is 4. The van der Waals surface area contributed by atoms with Crippen LogP contribution in [0.15, 0.2) is 22.7 Å². The minimum Gasteiger partial charge on any atom is -0.465 e. The molecular formula is C19H27N3O2. The smallest absolute Gasteiger partial charge is 0.118 e. The molecule has 0 saturated heterocycles. The van der Waals surface area contributed by atoms with Crippen molar-refractivity contribution < 1.29 is 9.15 Å². The lowest BCUT2D eigenvalue weighted by Gasteiger charge is -2.31. The van der Waals surface area contributed by atoms with Crippen molar-refractivity contribution in [3.05, 3.63) is 41.1 Å². The summed E-state index contributed by atoms with van der Waals surface area (Å²) in [7, 11) is 0. The second-order valence-electron chi connectivity index (χ2n) is 7.25. The van der Waals surface area contributed by atoms with Crippen LogP contribution in [0.5, 0.6) is 0 Å². The van der Waals surface area contributed by atoms with Crippen molar-refractivity contribution in [1.29, 1.82) is 0 Å². The third kappa shape index (κ3) is 3.57. The lowest BCUT2D eigenvalue weighted by atomic mass is 9.95. The van der Waals surface area contributed by atoms with Crippen molar-refractivity contribution in [2.45, 2.75) is 52.2 Å². The second kappa shape index (κ2) is 6.73. The average molecular weight is 329 g/mol. The van der Waals surface area contributed by atoms with E-state index in [1.807, 2.05) is 13.0 Å². The fourth-order valence-corrected chi connectivity index (χ4v) is 3.50. The summed E-state index contributed by atoms with van der Waals surface area (Å²) in [5.74, 6) is 3.23. The zero-order valence-corrected chi connectivity index (χ0v) is 14.7. The Bertz CT molecular complexity index is 687. The first-order chi connectivity index (χ1) is 11.7. The van der Waals surface area contributed by atoms with Gasteiger partial charge < -0.3 is 9.15 Å². The van der Waals surface area contributed by atoms with Crippen molar-refractivity contribution in [3.8, 4) is 0 Å². The molecule has 0 N–H and O–H groups in total. The Hall–Kier alpha value is -1.59. The Balaban J connectivity index is 1.46. The molecule has 0 aromatic carbocycles. The molecule has 1 saturated carbocycles. The van der Waals surface area contributed by atoms with E-state index in [-0.39, 0.29) is 0 Å². The molecule has 1 aliphatic carbocycles. The van der Waals surface area contributed by atoms with E-state index in [2.05, 4.69) is 28.8 Å². The number of aromatic nitrogens is 2. The van der Waals surface area contributed by atoms with Gasteiger partial charge >= 0.3 is 0 Å². The highest BCUT2D eigenvalue weighted by Gasteiger charge is 2.29. The summed E-state index contributed by atoms with van der Waals surface area (Å²) in [6.45, 7) is 9.51. The van der Waals surface area contributed by atoms with E-state index in [1.54, 1.807) is 0 Å². The SMILES string of the molecule is CCn1cc2c(n1)CN(Cc1ccc(C)o1)CC2COCC1CC1. The quantitative estimate of drug-likeness (QED) is 0.781. The van der Waals surface area contributed by atoms with Gasteiger partial charge in [-0.2, -0.15) is 5.10 Å². The van der Waals surface area contributed by atoms with Gasteiger partial charge in [0.05, 0.1) is 18.8 Å². The van der Waals surface area contributed by atoms with Crippen LogP contribution >= 0.6 is 0 Å². The summed E-state index contributed by atoms with van der Waals surface area (Å²) in [5.41, 5.74) is 2.57. The molecule has 1 atom stereocenters. The zero-order chi connectivity index (χ0) is 16.5. The first kappa shape index (κ1) is 15.9. The van der Waals surface area contributed by atoms with Crippen LogP contribution in [0.25, 0.3) is 0 Å². The minimum absolute atomic E-state index is 0.406. The number of nitrogens with zero attached hydrogens (tertiary/aromatic N) is 3. The molecule has 1 unspecified atom stereocenters. The van der Waals surface area contributed by atoms with E-state index >= 15 is 0 Å². The fourth-order valence-electron chi connectivity index (χ4n) is 3.50. The number of ether oxygens (including phenoxy) is 1. The molecule has 0 radical (unpaired) electrons. The van der Waals surface area contributed by atoms with Gasteiger partial charge in [-0.1, -0.05) is 0 Å². The first-order valence-electron chi connectivity index (χ1n) is 9.13. The average Bonchev–Trinajstić information content (AvgIpc) is 3.15. The van der Waals surface area contributed by atoms with Gasteiger partial charge in [0.1, 0.15) is 11.5 Å². The van der Waals surface area contributed by atoms with E-state index in [0.29, 0.717) is 5.92 Å². The first-order valence-corrected chi connectivity index (χ1v) is 9.13. The van der Waals surface area contributed by atoms with E-state index in [1.165, 1.54) is 24.1 Å². The molecule has 130 valence electrons. The third-order valence-electron chi connectivity index (χ3n) is 5.03. The molecule has 1 aliphatic heterocycles. The number of hydrogen-bond donors (Lipinski definition) is 0. The Morgan fingerprint density at radius 3 is 2.88 bits per heavy atom. The summed E-state index contributed by atoms with van der Waals surface area (Å²) >= 11 is 0. The van der Waals surface area contributed by atoms with Gasteiger partial charge in [0, 0.05) is 43.9 Å². The highest BCUT2D eigenvalue weighted by molar-refractivity contribution is 5.25. The molecule has 2 aromatic heterocycles. The molecule has 0 spiro atoms. The summed E-state index contributed by atoms with van der Waals surface area (Å²) in [6, 6.07) is 4.11. The second-order valence-corrected chi connectivity index (χ2v) is 7.25. The molecule has 0 amide bonds.